The molecule has 0 spiro atoms. The summed E-state index contributed by atoms with van der Waals surface area (Å²) in [6, 6.07) is 9.50. The standard InChI is InChI=1S/C15H19N5O/c1-20(2)9-8-17-15(21)12-10-18-14(19-13(12)16)11-6-4-3-5-7-11/h3-7,10H,8-9H2,1-2H3,(H,17,21)(H2,16,18,19). The quantitative estimate of drug-likeness (QED) is 0.856. The van der Waals surface area contributed by atoms with Crippen molar-refractivity contribution in [1.82, 2.24) is 20.2 Å². The van der Waals surface area contributed by atoms with E-state index in [1.54, 1.807) is 0 Å². The molecule has 0 aliphatic rings. The highest BCUT2D eigenvalue weighted by Crippen LogP contribution is 2.16. The first kappa shape index (κ1) is 14.9. The summed E-state index contributed by atoms with van der Waals surface area (Å²) >= 11 is 0. The maximum absolute atomic E-state index is 12.0. The zero-order valence-corrected chi connectivity index (χ0v) is 12.2. The Morgan fingerprint density at radius 3 is 2.62 bits per heavy atom. The van der Waals surface area contributed by atoms with Crippen molar-refractivity contribution in [1.29, 1.82) is 0 Å². The Morgan fingerprint density at radius 1 is 1.29 bits per heavy atom. The number of hydrogen-bond donors (Lipinski definition) is 2. The molecule has 0 aliphatic heterocycles. The zero-order valence-electron chi connectivity index (χ0n) is 12.2. The number of hydrogen-bond acceptors (Lipinski definition) is 5. The maximum Gasteiger partial charge on any atom is 0.256 e. The van der Waals surface area contributed by atoms with Crippen LogP contribution in [0.3, 0.4) is 0 Å². The number of amides is 1. The molecule has 0 saturated carbocycles. The lowest BCUT2D eigenvalue weighted by Crippen LogP contribution is -2.32. The molecule has 110 valence electrons. The minimum absolute atomic E-state index is 0.186. The number of aromatic nitrogens is 2. The number of rotatable bonds is 5. The van der Waals surface area contributed by atoms with Crippen molar-refractivity contribution in [3.63, 3.8) is 0 Å². The van der Waals surface area contributed by atoms with E-state index >= 15 is 0 Å². The minimum atomic E-state index is -0.256. The van der Waals surface area contributed by atoms with Gasteiger partial charge in [0.2, 0.25) is 0 Å². The first-order valence-corrected chi connectivity index (χ1v) is 6.69. The van der Waals surface area contributed by atoms with Gasteiger partial charge in [-0.1, -0.05) is 30.3 Å². The molecule has 2 aromatic rings. The molecule has 0 atom stereocenters. The van der Waals surface area contributed by atoms with E-state index in [0.717, 1.165) is 12.1 Å². The van der Waals surface area contributed by atoms with E-state index < -0.39 is 0 Å². The number of likely N-dealkylation sites (N-methyl/N-ethyl adjacent to an activating group) is 1. The molecule has 0 unspecified atom stereocenters. The first-order chi connectivity index (χ1) is 10.1. The lowest BCUT2D eigenvalue weighted by molar-refractivity contribution is 0.0951. The van der Waals surface area contributed by atoms with Gasteiger partial charge >= 0.3 is 0 Å². The summed E-state index contributed by atoms with van der Waals surface area (Å²) in [6.45, 7) is 1.31. The topological polar surface area (TPSA) is 84.1 Å². The molecule has 0 fully saturated rings. The fourth-order valence-electron chi connectivity index (χ4n) is 1.78. The van der Waals surface area contributed by atoms with E-state index in [1.807, 2.05) is 49.3 Å². The Hall–Kier alpha value is -2.47. The third kappa shape index (κ3) is 4.00. The lowest BCUT2D eigenvalue weighted by atomic mass is 10.2. The van der Waals surface area contributed by atoms with Gasteiger partial charge in [-0.05, 0) is 14.1 Å². The van der Waals surface area contributed by atoms with Crippen LogP contribution in [0.15, 0.2) is 36.5 Å². The van der Waals surface area contributed by atoms with Crippen LogP contribution < -0.4 is 11.1 Å². The van der Waals surface area contributed by atoms with Gasteiger partial charge in [-0.2, -0.15) is 0 Å². The summed E-state index contributed by atoms with van der Waals surface area (Å²) in [5.74, 6) is 0.443. The highest BCUT2D eigenvalue weighted by Gasteiger charge is 2.12. The molecule has 2 rings (SSSR count). The third-order valence-corrected chi connectivity index (χ3v) is 2.94. The Bertz CT molecular complexity index is 613. The van der Waals surface area contributed by atoms with E-state index in [4.69, 9.17) is 5.73 Å². The van der Waals surface area contributed by atoms with E-state index in [9.17, 15) is 4.79 Å². The molecule has 1 heterocycles. The Morgan fingerprint density at radius 2 is 2.00 bits per heavy atom. The average Bonchev–Trinajstić information content (AvgIpc) is 2.47. The van der Waals surface area contributed by atoms with E-state index in [2.05, 4.69) is 15.3 Å². The van der Waals surface area contributed by atoms with Gasteiger partial charge < -0.3 is 16.0 Å². The van der Waals surface area contributed by atoms with Crippen LogP contribution in [-0.2, 0) is 0 Å². The zero-order chi connectivity index (χ0) is 15.2. The predicted molar refractivity (Wildman–Crippen MR) is 82.8 cm³/mol. The van der Waals surface area contributed by atoms with Gasteiger partial charge in [0.05, 0.1) is 5.56 Å². The Kier molecular flexibility index (Phi) is 4.84. The molecule has 21 heavy (non-hydrogen) atoms. The van der Waals surface area contributed by atoms with Crippen LogP contribution in [0.2, 0.25) is 0 Å². The van der Waals surface area contributed by atoms with E-state index in [0.29, 0.717) is 17.9 Å². The lowest BCUT2D eigenvalue weighted by Gasteiger charge is -2.11. The average molecular weight is 285 g/mol. The van der Waals surface area contributed by atoms with Gasteiger partial charge in [0.1, 0.15) is 5.82 Å². The molecule has 6 heteroatoms. The molecular formula is C15H19N5O. The molecule has 1 amide bonds. The van der Waals surface area contributed by atoms with Gasteiger partial charge in [-0.3, -0.25) is 4.79 Å². The second-order valence-electron chi connectivity index (χ2n) is 4.92. The van der Waals surface area contributed by atoms with Crippen molar-refractivity contribution in [2.24, 2.45) is 0 Å². The molecular weight excluding hydrogens is 266 g/mol. The number of anilines is 1. The summed E-state index contributed by atoms with van der Waals surface area (Å²) in [7, 11) is 3.89. The number of carbonyl (C=O) groups excluding carboxylic acids is 1. The molecule has 1 aromatic heterocycles. The highest BCUT2D eigenvalue weighted by atomic mass is 16.1. The van der Waals surface area contributed by atoms with Crippen LogP contribution in [0.5, 0.6) is 0 Å². The molecule has 6 nitrogen and oxygen atoms in total. The van der Waals surface area contributed by atoms with Crippen LogP contribution in [0.1, 0.15) is 10.4 Å². The van der Waals surface area contributed by atoms with Gasteiger partial charge in [-0.15, -0.1) is 0 Å². The number of benzene rings is 1. The van der Waals surface area contributed by atoms with Crippen molar-refractivity contribution < 1.29 is 4.79 Å². The smallest absolute Gasteiger partial charge is 0.256 e. The number of nitrogens with zero attached hydrogens (tertiary/aromatic N) is 3. The number of carbonyl (C=O) groups is 1. The minimum Gasteiger partial charge on any atom is -0.383 e. The molecule has 1 aromatic carbocycles. The van der Waals surface area contributed by atoms with Gasteiger partial charge in [0.15, 0.2) is 5.82 Å². The molecule has 0 aliphatic carbocycles. The molecule has 3 N–H and O–H groups in total. The van der Waals surface area contributed by atoms with Crippen molar-refractivity contribution in [3.05, 3.63) is 42.1 Å². The fourth-order valence-corrected chi connectivity index (χ4v) is 1.78. The van der Waals surface area contributed by atoms with Crippen LogP contribution in [-0.4, -0.2) is 48.0 Å². The summed E-state index contributed by atoms with van der Waals surface area (Å²) < 4.78 is 0. The highest BCUT2D eigenvalue weighted by molar-refractivity contribution is 5.98. The van der Waals surface area contributed by atoms with Crippen LogP contribution in [0.4, 0.5) is 5.82 Å². The van der Waals surface area contributed by atoms with Gasteiger partial charge in [0, 0.05) is 24.8 Å². The monoisotopic (exact) mass is 285 g/mol. The van der Waals surface area contributed by atoms with Crippen molar-refractivity contribution in [3.8, 4) is 11.4 Å². The summed E-state index contributed by atoms with van der Waals surface area (Å²) in [4.78, 5) is 22.4. The number of nitrogens with two attached hydrogens (primary N) is 1. The Balaban J connectivity index is 2.11. The van der Waals surface area contributed by atoms with E-state index in [-0.39, 0.29) is 11.7 Å². The van der Waals surface area contributed by atoms with Crippen molar-refractivity contribution in [2.75, 3.05) is 32.9 Å². The largest absolute Gasteiger partial charge is 0.383 e. The fraction of sp³-hybridized carbons (Fsp3) is 0.267. The maximum atomic E-state index is 12.0. The second kappa shape index (κ2) is 6.81. The third-order valence-electron chi connectivity index (χ3n) is 2.94. The summed E-state index contributed by atoms with van der Waals surface area (Å²) in [5, 5.41) is 2.79. The normalized spacial score (nSPS) is 10.6. The van der Waals surface area contributed by atoms with Gasteiger partial charge in [0.25, 0.3) is 5.91 Å². The molecule has 0 saturated heterocycles. The van der Waals surface area contributed by atoms with Crippen molar-refractivity contribution in [2.45, 2.75) is 0 Å². The van der Waals surface area contributed by atoms with Crippen molar-refractivity contribution >= 4 is 11.7 Å². The predicted octanol–water partition coefficient (Wildman–Crippen LogP) is 1.02. The molecule has 0 bridgehead atoms. The summed E-state index contributed by atoms with van der Waals surface area (Å²) in [6.07, 6.45) is 1.47. The first-order valence-electron chi connectivity index (χ1n) is 6.69. The Labute approximate surface area is 124 Å². The van der Waals surface area contributed by atoms with E-state index in [1.165, 1.54) is 6.20 Å². The number of nitrogens with one attached hydrogen (secondary N) is 1. The van der Waals surface area contributed by atoms with Crippen LogP contribution in [0, 0.1) is 0 Å². The van der Waals surface area contributed by atoms with Crippen LogP contribution >= 0.6 is 0 Å². The molecule has 0 radical (unpaired) electrons. The van der Waals surface area contributed by atoms with Crippen LogP contribution in [0.25, 0.3) is 11.4 Å². The summed E-state index contributed by atoms with van der Waals surface area (Å²) in [5.41, 5.74) is 7.03. The van der Waals surface area contributed by atoms with Gasteiger partial charge in [-0.25, -0.2) is 9.97 Å². The SMILES string of the molecule is CN(C)CCNC(=O)c1cnc(-c2ccccc2)nc1N. The number of nitrogen functional groups attached to an aromatic ring is 1. The second-order valence-corrected chi connectivity index (χ2v) is 4.92.